The minimum absolute atomic E-state index is 0.716. The lowest BCUT2D eigenvalue weighted by Gasteiger charge is -2.14. The van der Waals surface area contributed by atoms with Gasteiger partial charge in [-0.2, -0.15) is 0 Å². The van der Waals surface area contributed by atoms with E-state index in [0.29, 0.717) is 5.82 Å². The number of benzene rings is 10. The Morgan fingerprint density at radius 2 is 0.786 bits per heavy atom. The molecule has 0 fully saturated rings. The molecule has 260 valence electrons. The molecule has 0 bridgehead atoms. The molecule has 0 aliphatic heterocycles. The first kappa shape index (κ1) is 32.0. The maximum Gasteiger partial charge on any atom is 0.160 e. The van der Waals surface area contributed by atoms with Crippen molar-refractivity contribution in [3.8, 4) is 67.3 Å². The maximum atomic E-state index is 5.10. The molecule has 11 rings (SSSR count). The van der Waals surface area contributed by atoms with Crippen LogP contribution in [-0.2, 0) is 0 Å². The SMILES string of the molecule is c1ccc(-c2nc(-c3ccc(-c4cccc(-c5ccc(-c6ccc7ccc8cccc9ccc6c7c89)cc5)c4)cc3)cc(-c3cccc4ccccc34)n2)cc1. The Bertz CT molecular complexity index is 3200. The van der Waals surface area contributed by atoms with Gasteiger partial charge in [-0.1, -0.05) is 194 Å². The summed E-state index contributed by atoms with van der Waals surface area (Å²) < 4.78 is 0. The second kappa shape index (κ2) is 13.2. The van der Waals surface area contributed by atoms with Crippen LogP contribution in [-0.4, -0.2) is 9.97 Å². The summed E-state index contributed by atoms with van der Waals surface area (Å²) >= 11 is 0. The monoisotopic (exact) mass is 710 g/mol. The molecule has 0 atom stereocenters. The van der Waals surface area contributed by atoms with E-state index < -0.39 is 0 Å². The average Bonchev–Trinajstić information content (AvgIpc) is 3.28. The van der Waals surface area contributed by atoms with Crippen molar-refractivity contribution < 1.29 is 0 Å². The molecule has 0 spiro atoms. The highest BCUT2D eigenvalue weighted by Gasteiger charge is 2.15. The van der Waals surface area contributed by atoms with Gasteiger partial charge < -0.3 is 0 Å². The fourth-order valence-corrected chi connectivity index (χ4v) is 8.44. The van der Waals surface area contributed by atoms with E-state index in [4.69, 9.17) is 9.97 Å². The molecule has 1 heterocycles. The first-order valence-corrected chi connectivity index (χ1v) is 19.1. The van der Waals surface area contributed by atoms with Crippen molar-refractivity contribution >= 4 is 43.1 Å². The normalized spacial score (nSPS) is 11.6. The van der Waals surface area contributed by atoms with Crippen LogP contribution in [0.1, 0.15) is 0 Å². The van der Waals surface area contributed by atoms with Crippen molar-refractivity contribution in [2.24, 2.45) is 0 Å². The van der Waals surface area contributed by atoms with Crippen molar-refractivity contribution in [2.45, 2.75) is 0 Å². The van der Waals surface area contributed by atoms with E-state index in [2.05, 4.69) is 188 Å². The standard InChI is InChI=1S/C54H34N2/c1-2-10-43(11-3-1)54-55-50(34-51(56-54)48-18-8-12-37-9-4-5-17-46(37)48)39-25-21-36(22-26-39)45-16-7-15-44(33-45)35-19-23-38(24-20-35)47-31-29-42-28-27-40-13-6-14-41-30-32-49(47)53(42)52(40)41/h1-34H. The second-order valence-corrected chi connectivity index (χ2v) is 14.6. The highest BCUT2D eigenvalue weighted by molar-refractivity contribution is 6.25. The van der Waals surface area contributed by atoms with E-state index in [1.807, 2.05) is 18.2 Å². The molecule has 0 aliphatic rings. The van der Waals surface area contributed by atoms with E-state index in [-0.39, 0.29) is 0 Å². The molecular formula is C54H34N2. The van der Waals surface area contributed by atoms with Gasteiger partial charge in [-0.05, 0) is 88.6 Å². The van der Waals surface area contributed by atoms with Crippen LogP contribution in [0.2, 0.25) is 0 Å². The van der Waals surface area contributed by atoms with E-state index in [0.717, 1.165) is 33.6 Å². The molecule has 0 N–H and O–H groups in total. The number of nitrogens with zero attached hydrogens (tertiary/aromatic N) is 2. The molecule has 0 amide bonds. The Kier molecular flexibility index (Phi) is 7.53. The van der Waals surface area contributed by atoms with Crippen LogP contribution >= 0.6 is 0 Å². The van der Waals surface area contributed by atoms with E-state index >= 15 is 0 Å². The molecule has 1 aromatic heterocycles. The van der Waals surface area contributed by atoms with Gasteiger partial charge in [0.1, 0.15) is 0 Å². The first-order chi connectivity index (χ1) is 27.7. The number of hydrogen-bond acceptors (Lipinski definition) is 2. The highest BCUT2D eigenvalue weighted by Crippen LogP contribution is 2.40. The summed E-state index contributed by atoms with van der Waals surface area (Å²) in [6, 6.07) is 74.0. The quantitative estimate of drug-likeness (QED) is 0.161. The number of rotatable bonds is 6. The predicted molar refractivity (Wildman–Crippen MR) is 236 cm³/mol. The topological polar surface area (TPSA) is 25.8 Å². The van der Waals surface area contributed by atoms with Gasteiger partial charge in [0.05, 0.1) is 11.4 Å². The van der Waals surface area contributed by atoms with Gasteiger partial charge in [0, 0.05) is 16.7 Å². The Morgan fingerprint density at radius 3 is 1.55 bits per heavy atom. The average molecular weight is 711 g/mol. The predicted octanol–water partition coefficient (Wildman–Crippen LogP) is 14.5. The minimum atomic E-state index is 0.716. The molecule has 0 saturated carbocycles. The largest absolute Gasteiger partial charge is 0.228 e. The van der Waals surface area contributed by atoms with Crippen molar-refractivity contribution in [1.29, 1.82) is 0 Å². The lowest BCUT2D eigenvalue weighted by molar-refractivity contribution is 1.18. The van der Waals surface area contributed by atoms with Crippen LogP contribution in [0, 0.1) is 0 Å². The van der Waals surface area contributed by atoms with Crippen LogP contribution in [0.5, 0.6) is 0 Å². The van der Waals surface area contributed by atoms with Crippen LogP contribution in [0.25, 0.3) is 110 Å². The minimum Gasteiger partial charge on any atom is -0.228 e. The Hall–Kier alpha value is -7.42. The molecule has 2 heteroatoms. The molecule has 0 radical (unpaired) electrons. The molecule has 0 aliphatic carbocycles. The third-order valence-corrected chi connectivity index (χ3v) is 11.3. The van der Waals surface area contributed by atoms with E-state index in [9.17, 15) is 0 Å². The van der Waals surface area contributed by atoms with Crippen molar-refractivity contribution in [3.05, 3.63) is 206 Å². The number of fused-ring (bicyclic) bond motifs is 1. The number of hydrogen-bond donors (Lipinski definition) is 0. The van der Waals surface area contributed by atoms with Gasteiger partial charge >= 0.3 is 0 Å². The fourth-order valence-electron chi connectivity index (χ4n) is 8.44. The van der Waals surface area contributed by atoms with Gasteiger partial charge in [-0.15, -0.1) is 0 Å². The summed E-state index contributed by atoms with van der Waals surface area (Å²) in [5.41, 5.74) is 12.2. The summed E-state index contributed by atoms with van der Waals surface area (Å²) in [6.45, 7) is 0. The first-order valence-electron chi connectivity index (χ1n) is 19.1. The smallest absolute Gasteiger partial charge is 0.160 e. The Morgan fingerprint density at radius 1 is 0.250 bits per heavy atom. The second-order valence-electron chi connectivity index (χ2n) is 14.6. The molecule has 11 aromatic rings. The molecule has 0 saturated heterocycles. The molecular weight excluding hydrogens is 677 g/mol. The molecule has 2 nitrogen and oxygen atoms in total. The molecule has 0 unspecified atom stereocenters. The zero-order valence-electron chi connectivity index (χ0n) is 30.5. The van der Waals surface area contributed by atoms with Crippen molar-refractivity contribution in [3.63, 3.8) is 0 Å². The lowest BCUT2D eigenvalue weighted by atomic mass is 9.89. The van der Waals surface area contributed by atoms with Gasteiger partial charge in [0.25, 0.3) is 0 Å². The van der Waals surface area contributed by atoms with Crippen molar-refractivity contribution in [2.75, 3.05) is 0 Å². The van der Waals surface area contributed by atoms with E-state index in [1.54, 1.807) is 0 Å². The highest BCUT2D eigenvalue weighted by atomic mass is 14.9. The third kappa shape index (κ3) is 5.51. The van der Waals surface area contributed by atoms with Crippen LogP contribution in [0.3, 0.4) is 0 Å². The summed E-state index contributed by atoms with van der Waals surface area (Å²) in [5, 5.41) is 10.2. The molecule has 10 aromatic carbocycles. The Balaban J connectivity index is 0.917. The van der Waals surface area contributed by atoms with Gasteiger partial charge in [0.2, 0.25) is 0 Å². The Labute approximate surface area is 325 Å². The van der Waals surface area contributed by atoms with E-state index in [1.165, 1.54) is 70.9 Å². The summed E-state index contributed by atoms with van der Waals surface area (Å²) in [5.74, 6) is 0.716. The zero-order chi connectivity index (χ0) is 37.0. The van der Waals surface area contributed by atoms with Gasteiger partial charge in [-0.3, -0.25) is 0 Å². The summed E-state index contributed by atoms with van der Waals surface area (Å²) in [4.78, 5) is 10.2. The van der Waals surface area contributed by atoms with Gasteiger partial charge in [-0.25, -0.2) is 9.97 Å². The third-order valence-electron chi connectivity index (χ3n) is 11.3. The maximum absolute atomic E-state index is 5.10. The lowest BCUT2D eigenvalue weighted by Crippen LogP contribution is -1.96. The zero-order valence-corrected chi connectivity index (χ0v) is 30.5. The summed E-state index contributed by atoms with van der Waals surface area (Å²) in [7, 11) is 0. The fraction of sp³-hybridized carbons (Fsp3) is 0. The number of aromatic nitrogens is 2. The van der Waals surface area contributed by atoms with Crippen LogP contribution in [0.4, 0.5) is 0 Å². The van der Waals surface area contributed by atoms with Gasteiger partial charge in [0.15, 0.2) is 5.82 Å². The summed E-state index contributed by atoms with van der Waals surface area (Å²) in [6.07, 6.45) is 0. The molecule has 56 heavy (non-hydrogen) atoms. The van der Waals surface area contributed by atoms with Crippen LogP contribution in [0.15, 0.2) is 206 Å². The van der Waals surface area contributed by atoms with Crippen LogP contribution < -0.4 is 0 Å². The van der Waals surface area contributed by atoms with Crippen molar-refractivity contribution in [1.82, 2.24) is 9.97 Å².